The maximum atomic E-state index is 12.3. The Morgan fingerprint density at radius 2 is 1.33 bits per heavy atom. The Labute approximate surface area is 158 Å². The van der Waals surface area contributed by atoms with Crippen LogP contribution < -0.4 is 25.1 Å². The standard InChI is InChI=1S/C20H24N2O5/c1-12(2)27-16-9-8-15(11-18(16)26-5)20(24)22-21-19(23)14-7-6-13(3)17(10-14)25-4/h6-12H,1-5H3,(H,21,23)(H,22,24). The first-order valence-electron chi connectivity index (χ1n) is 8.45. The van der Waals surface area contributed by atoms with Crippen molar-refractivity contribution < 1.29 is 23.8 Å². The van der Waals surface area contributed by atoms with Crippen LogP contribution in [0, 0.1) is 6.92 Å². The molecule has 0 aliphatic carbocycles. The Kier molecular flexibility index (Phi) is 6.65. The van der Waals surface area contributed by atoms with Crippen molar-refractivity contribution in [1.82, 2.24) is 10.9 Å². The average Bonchev–Trinajstić information content (AvgIpc) is 2.66. The third kappa shape index (κ3) is 5.13. The average molecular weight is 372 g/mol. The first kappa shape index (κ1) is 20.1. The number of methoxy groups -OCH3 is 2. The van der Waals surface area contributed by atoms with E-state index < -0.39 is 11.8 Å². The maximum Gasteiger partial charge on any atom is 0.269 e. The van der Waals surface area contributed by atoms with Gasteiger partial charge < -0.3 is 14.2 Å². The number of hydrogen-bond acceptors (Lipinski definition) is 5. The fourth-order valence-corrected chi connectivity index (χ4v) is 2.38. The largest absolute Gasteiger partial charge is 0.496 e. The molecule has 27 heavy (non-hydrogen) atoms. The molecule has 0 saturated heterocycles. The Morgan fingerprint density at radius 3 is 1.85 bits per heavy atom. The molecule has 2 rings (SSSR count). The Morgan fingerprint density at radius 1 is 0.815 bits per heavy atom. The molecule has 0 unspecified atom stereocenters. The predicted molar refractivity (Wildman–Crippen MR) is 101 cm³/mol. The van der Waals surface area contributed by atoms with Crippen LogP contribution in [-0.2, 0) is 0 Å². The maximum absolute atomic E-state index is 12.3. The zero-order chi connectivity index (χ0) is 20.0. The minimum atomic E-state index is -0.475. The molecule has 7 heteroatoms. The summed E-state index contributed by atoms with van der Waals surface area (Å²) in [4.78, 5) is 24.5. The number of hydrazine groups is 1. The lowest BCUT2D eigenvalue weighted by Gasteiger charge is -2.14. The third-order valence-electron chi connectivity index (χ3n) is 3.75. The molecule has 0 atom stereocenters. The van der Waals surface area contributed by atoms with E-state index in [1.807, 2.05) is 20.8 Å². The van der Waals surface area contributed by atoms with E-state index in [2.05, 4.69) is 10.9 Å². The van der Waals surface area contributed by atoms with Gasteiger partial charge in [0.15, 0.2) is 11.5 Å². The summed E-state index contributed by atoms with van der Waals surface area (Å²) in [6.07, 6.45) is -0.0237. The molecule has 2 N–H and O–H groups in total. The lowest BCUT2D eigenvalue weighted by atomic mass is 10.1. The van der Waals surface area contributed by atoms with E-state index in [1.165, 1.54) is 14.2 Å². The van der Waals surface area contributed by atoms with Crippen molar-refractivity contribution in [2.24, 2.45) is 0 Å². The molecule has 2 amide bonds. The molecule has 0 spiro atoms. The molecule has 0 heterocycles. The van der Waals surface area contributed by atoms with Gasteiger partial charge in [-0.1, -0.05) is 6.07 Å². The van der Waals surface area contributed by atoms with Crippen molar-refractivity contribution >= 4 is 11.8 Å². The van der Waals surface area contributed by atoms with Crippen LogP contribution in [0.2, 0.25) is 0 Å². The second-order valence-electron chi connectivity index (χ2n) is 6.12. The number of ether oxygens (including phenoxy) is 3. The second-order valence-corrected chi connectivity index (χ2v) is 6.12. The van der Waals surface area contributed by atoms with Crippen LogP contribution in [0.15, 0.2) is 36.4 Å². The highest BCUT2D eigenvalue weighted by Gasteiger charge is 2.14. The molecule has 7 nitrogen and oxygen atoms in total. The molecule has 0 saturated carbocycles. The Hall–Kier alpha value is -3.22. The molecular weight excluding hydrogens is 348 g/mol. The van der Waals surface area contributed by atoms with E-state index in [0.717, 1.165) is 5.56 Å². The van der Waals surface area contributed by atoms with Crippen LogP contribution >= 0.6 is 0 Å². The molecule has 0 aliphatic heterocycles. The summed E-state index contributed by atoms with van der Waals surface area (Å²) in [5.41, 5.74) is 6.38. The minimum absolute atomic E-state index is 0.0237. The molecule has 0 aromatic heterocycles. The van der Waals surface area contributed by atoms with Gasteiger partial charge in [-0.05, 0) is 56.7 Å². The highest BCUT2D eigenvalue weighted by atomic mass is 16.5. The number of carbonyl (C=O) groups is 2. The minimum Gasteiger partial charge on any atom is -0.496 e. The highest BCUT2D eigenvalue weighted by molar-refractivity contribution is 5.99. The number of hydrogen-bond donors (Lipinski definition) is 2. The monoisotopic (exact) mass is 372 g/mol. The summed E-state index contributed by atoms with van der Waals surface area (Å²) in [5.74, 6) is 0.649. The summed E-state index contributed by atoms with van der Waals surface area (Å²) in [7, 11) is 3.03. The number of aryl methyl sites for hydroxylation is 1. The van der Waals surface area contributed by atoms with Gasteiger partial charge in [-0.25, -0.2) is 0 Å². The molecule has 2 aromatic rings. The number of rotatable bonds is 6. The third-order valence-corrected chi connectivity index (χ3v) is 3.75. The van der Waals surface area contributed by atoms with Gasteiger partial charge >= 0.3 is 0 Å². The lowest BCUT2D eigenvalue weighted by molar-refractivity contribution is 0.0846. The number of carbonyl (C=O) groups excluding carboxylic acids is 2. The molecule has 0 aliphatic rings. The molecule has 0 bridgehead atoms. The Bertz CT molecular complexity index is 833. The normalized spacial score (nSPS) is 10.3. The van der Waals surface area contributed by atoms with Crippen molar-refractivity contribution in [2.75, 3.05) is 14.2 Å². The summed E-state index contributed by atoms with van der Waals surface area (Å²) in [6, 6.07) is 9.83. The molecular formula is C20H24N2O5. The summed E-state index contributed by atoms with van der Waals surface area (Å²) in [5, 5.41) is 0. The highest BCUT2D eigenvalue weighted by Crippen LogP contribution is 2.28. The number of benzene rings is 2. The van der Waals surface area contributed by atoms with Crippen molar-refractivity contribution in [3.8, 4) is 17.2 Å². The van der Waals surface area contributed by atoms with Gasteiger partial charge in [0, 0.05) is 11.1 Å². The van der Waals surface area contributed by atoms with Gasteiger partial charge in [-0.2, -0.15) is 0 Å². The fraction of sp³-hybridized carbons (Fsp3) is 0.300. The lowest BCUT2D eigenvalue weighted by Crippen LogP contribution is -2.41. The van der Waals surface area contributed by atoms with E-state index in [9.17, 15) is 9.59 Å². The van der Waals surface area contributed by atoms with Crippen LogP contribution in [-0.4, -0.2) is 32.1 Å². The van der Waals surface area contributed by atoms with Gasteiger partial charge in [-0.15, -0.1) is 0 Å². The van der Waals surface area contributed by atoms with E-state index >= 15 is 0 Å². The van der Waals surface area contributed by atoms with Gasteiger partial charge in [0.1, 0.15) is 5.75 Å². The van der Waals surface area contributed by atoms with E-state index in [1.54, 1.807) is 36.4 Å². The Balaban J connectivity index is 2.05. The molecule has 2 aromatic carbocycles. The van der Waals surface area contributed by atoms with Crippen LogP contribution in [0.25, 0.3) is 0 Å². The van der Waals surface area contributed by atoms with E-state index in [4.69, 9.17) is 14.2 Å². The predicted octanol–water partition coefficient (Wildman–Crippen LogP) is 2.87. The van der Waals surface area contributed by atoms with Crippen molar-refractivity contribution in [2.45, 2.75) is 26.9 Å². The van der Waals surface area contributed by atoms with Gasteiger partial charge in [0.25, 0.3) is 11.8 Å². The first-order valence-corrected chi connectivity index (χ1v) is 8.45. The number of nitrogens with one attached hydrogen (secondary N) is 2. The zero-order valence-corrected chi connectivity index (χ0v) is 16.1. The van der Waals surface area contributed by atoms with E-state index in [-0.39, 0.29) is 6.10 Å². The van der Waals surface area contributed by atoms with Crippen LogP contribution in [0.1, 0.15) is 40.1 Å². The fourth-order valence-electron chi connectivity index (χ4n) is 2.38. The SMILES string of the molecule is COc1cc(C(=O)NNC(=O)c2ccc(OC(C)C)c(OC)c2)ccc1C. The van der Waals surface area contributed by atoms with Crippen molar-refractivity contribution in [3.63, 3.8) is 0 Å². The van der Waals surface area contributed by atoms with Crippen molar-refractivity contribution in [1.29, 1.82) is 0 Å². The second kappa shape index (κ2) is 8.93. The number of amides is 2. The zero-order valence-electron chi connectivity index (χ0n) is 16.1. The summed E-state index contributed by atoms with van der Waals surface area (Å²) < 4.78 is 16.1. The van der Waals surface area contributed by atoms with Crippen LogP contribution in [0.4, 0.5) is 0 Å². The topological polar surface area (TPSA) is 85.9 Å². The van der Waals surface area contributed by atoms with Crippen LogP contribution in [0.5, 0.6) is 17.2 Å². The van der Waals surface area contributed by atoms with Gasteiger partial charge in [0.2, 0.25) is 0 Å². The van der Waals surface area contributed by atoms with Gasteiger partial charge in [-0.3, -0.25) is 20.4 Å². The summed E-state index contributed by atoms with van der Waals surface area (Å²) >= 11 is 0. The molecule has 144 valence electrons. The molecule has 0 radical (unpaired) electrons. The van der Waals surface area contributed by atoms with E-state index in [0.29, 0.717) is 28.4 Å². The van der Waals surface area contributed by atoms with Gasteiger partial charge in [0.05, 0.1) is 20.3 Å². The smallest absolute Gasteiger partial charge is 0.269 e. The molecule has 0 fully saturated rings. The first-order chi connectivity index (χ1) is 12.8. The quantitative estimate of drug-likeness (QED) is 0.762. The van der Waals surface area contributed by atoms with Crippen molar-refractivity contribution in [3.05, 3.63) is 53.1 Å². The summed E-state index contributed by atoms with van der Waals surface area (Å²) in [6.45, 7) is 5.67. The van der Waals surface area contributed by atoms with Crippen LogP contribution in [0.3, 0.4) is 0 Å².